The molecule has 0 aliphatic carbocycles. The van der Waals surface area contributed by atoms with Crippen molar-refractivity contribution >= 4 is 6.29 Å². The lowest BCUT2D eigenvalue weighted by Crippen LogP contribution is -1.75. The highest BCUT2D eigenvalue weighted by Crippen LogP contribution is 2.06. The molecule has 0 heterocycles. The summed E-state index contributed by atoms with van der Waals surface area (Å²) in [7, 11) is 0. The average molecular weight is 176 g/mol. The number of hydrogen-bond donors (Lipinski definition) is 0. The van der Waals surface area contributed by atoms with Crippen molar-refractivity contribution in [1.82, 2.24) is 0 Å². The van der Waals surface area contributed by atoms with Gasteiger partial charge in [0.1, 0.15) is 6.29 Å². The zero-order valence-corrected chi connectivity index (χ0v) is 8.50. The van der Waals surface area contributed by atoms with Crippen LogP contribution in [0.2, 0.25) is 0 Å². The van der Waals surface area contributed by atoms with Crippen LogP contribution in [-0.2, 0) is 4.79 Å². The van der Waals surface area contributed by atoms with Crippen LogP contribution in [0.25, 0.3) is 0 Å². The quantitative estimate of drug-likeness (QED) is 0.365. The molecule has 0 saturated heterocycles. The molecule has 0 bridgehead atoms. The van der Waals surface area contributed by atoms with E-state index >= 15 is 0 Å². The minimum absolute atomic E-state index is 0.770. The smallest absolute Gasteiger partial charge is 0.142 e. The molecule has 0 N–H and O–H groups in total. The molecule has 13 heavy (non-hydrogen) atoms. The monoisotopic (exact) mass is 176 g/mol. The lowest BCUT2D eigenvalue weighted by molar-refractivity contribution is -0.104. The van der Waals surface area contributed by atoms with E-state index in [-0.39, 0.29) is 0 Å². The van der Waals surface area contributed by atoms with Crippen LogP contribution in [0.4, 0.5) is 0 Å². The Morgan fingerprint density at radius 3 is 2.23 bits per heavy atom. The molecule has 0 rings (SSSR count). The normalized spacial score (nSPS) is 13.5. The lowest BCUT2D eigenvalue weighted by atomic mass is 10.1. The molecule has 0 spiro atoms. The van der Waals surface area contributed by atoms with Gasteiger partial charge < -0.3 is 0 Å². The maximum Gasteiger partial charge on any atom is 0.142 e. The number of allylic oxidation sites excluding steroid dienone is 7. The van der Waals surface area contributed by atoms with Crippen LogP contribution in [0.5, 0.6) is 0 Å². The second kappa shape index (κ2) is 6.18. The predicted octanol–water partition coefficient (Wildman–Crippen LogP) is 3.21. The van der Waals surface area contributed by atoms with Gasteiger partial charge in [-0.15, -0.1) is 0 Å². The predicted molar refractivity (Wildman–Crippen MR) is 57.5 cm³/mol. The van der Waals surface area contributed by atoms with Crippen molar-refractivity contribution in [3.05, 3.63) is 47.6 Å². The van der Waals surface area contributed by atoms with Crippen LogP contribution in [-0.4, -0.2) is 6.29 Å². The second-order valence-corrected chi connectivity index (χ2v) is 3.04. The van der Waals surface area contributed by atoms with Crippen LogP contribution in [0, 0.1) is 0 Å². The van der Waals surface area contributed by atoms with Crippen molar-refractivity contribution in [3.8, 4) is 0 Å². The molecule has 70 valence electrons. The molecular formula is C12H16O. The Balaban J connectivity index is 4.41. The molecule has 0 aromatic heterocycles. The number of carbonyl (C=O) groups excluding carboxylic acids is 1. The van der Waals surface area contributed by atoms with E-state index in [0.717, 1.165) is 23.0 Å². The van der Waals surface area contributed by atoms with E-state index in [0.29, 0.717) is 0 Å². The molecule has 0 saturated carbocycles. The van der Waals surface area contributed by atoms with Crippen molar-refractivity contribution < 1.29 is 4.79 Å². The van der Waals surface area contributed by atoms with Crippen LogP contribution in [0.1, 0.15) is 20.8 Å². The van der Waals surface area contributed by atoms with Gasteiger partial charge in [-0.25, -0.2) is 0 Å². The van der Waals surface area contributed by atoms with Crippen molar-refractivity contribution in [2.24, 2.45) is 0 Å². The van der Waals surface area contributed by atoms with Crippen LogP contribution < -0.4 is 0 Å². The topological polar surface area (TPSA) is 17.1 Å². The number of carbonyl (C=O) groups is 1. The van der Waals surface area contributed by atoms with E-state index in [2.05, 4.69) is 6.58 Å². The first-order valence-electron chi connectivity index (χ1n) is 4.21. The molecule has 0 amide bonds. The first-order valence-corrected chi connectivity index (χ1v) is 4.21. The molecule has 0 fully saturated rings. The maximum atomic E-state index is 10.0. The molecule has 1 nitrogen and oxygen atoms in total. The van der Waals surface area contributed by atoms with Gasteiger partial charge in [-0.1, -0.05) is 36.0 Å². The highest BCUT2D eigenvalue weighted by molar-refractivity contribution is 5.65. The number of aldehydes is 1. The van der Waals surface area contributed by atoms with E-state index in [1.54, 1.807) is 6.08 Å². The number of hydrogen-bond acceptors (Lipinski definition) is 1. The summed E-state index contributed by atoms with van der Waals surface area (Å²) in [6.07, 6.45) is 7.98. The molecule has 1 heteroatoms. The van der Waals surface area contributed by atoms with Crippen LogP contribution in [0.15, 0.2) is 47.6 Å². The van der Waals surface area contributed by atoms with Crippen molar-refractivity contribution in [1.29, 1.82) is 0 Å². The zero-order chi connectivity index (χ0) is 10.3. The zero-order valence-electron chi connectivity index (χ0n) is 8.50. The van der Waals surface area contributed by atoms with Gasteiger partial charge in [0.2, 0.25) is 0 Å². The van der Waals surface area contributed by atoms with Crippen molar-refractivity contribution in [3.63, 3.8) is 0 Å². The Hall–Kier alpha value is -1.37. The Morgan fingerprint density at radius 1 is 1.15 bits per heavy atom. The molecule has 0 aliphatic heterocycles. The van der Waals surface area contributed by atoms with Crippen LogP contribution >= 0.6 is 0 Å². The molecule has 0 atom stereocenters. The van der Waals surface area contributed by atoms with Gasteiger partial charge in [0.05, 0.1) is 0 Å². The third-order valence-electron chi connectivity index (χ3n) is 1.71. The number of rotatable bonds is 4. The van der Waals surface area contributed by atoms with Gasteiger partial charge in [-0.2, -0.15) is 0 Å². The van der Waals surface area contributed by atoms with Crippen molar-refractivity contribution in [2.75, 3.05) is 0 Å². The maximum absolute atomic E-state index is 10.0. The van der Waals surface area contributed by atoms with E-state index in [4.69, 9.17) is 0 Å². The summed E-state index contributed by atoms with van der Waals surface area (Å²) >= 11 is 0. The average Bonchev–Trinajstić information content (AvgIpc) is 2.10. The van der Waals surface area contributed by atoms with E-state index in [1.807, 2.05) is 32.9 Å². The first kappa shape index (κ1) is 11.6. The molecule has 0 radical (unpaired) electrons. The van der Waals surface area contributed by atoms with E-state index in [9.17, 15) is 4.79 Å². The van der Waals surface area contributed by atoms with Gasteiger partial charge in [-0.05, 0) is 32.4 Å². The standard InChI is InChI=1S/C12H16O/c1-10(2)12(4)8-7-11(3)6-5-9-13/h5-9H,1H2,2-4H3/b6-5+,11-7+,12-8-. The first-order chi connectivity index (χ1) is 6.07. The SMILES string of the molecule is C=C(C)\C(C)=C/C=C(C)/C=C/C=O. The molecule has 0 aliphatic rings. The minimum atomic E-state index is 0.770. The Kier molecular flexibility index (Phi) is 5.53. The minimum Gasteiger partial charge on any atom is -0.299 e. The summed E-state index contributed by atoms with van der Waals surface area (Å²) in [5, 5.41) is 0. The molecule has 0 aromatic rings. The fourth-order valence-electron chi connectivity index (χ4n) is 0.645. The molecular weight excluding hydrogens is 160 g/mol. The van der Waals surface area contributed by atoms with Gasteiger partial charge in [-0.3, -0.25) is 4.79 Å². The van der Waals surface area contributed by atoms with Gasteiger partial charge in [0, 0.05) is 0 Å². The Labute approximate surface area is 80.2 Å². The van der Waals surface area contributed by atoms with Crippen molar-refractivity contribution in [2.45, 2.75) is 20.8 Å². The summed E-state index contributed by atoms with van der Waals surface area (Å²) in [4.78, 5) is 10.0. The summed E-state index contributed by atoms with van der Waals surface area (Å²) in [5.74, 6) is 0. The fourth-order valence-corrected chi connectivity index (χ4v) is 0.645. The third-order valence-corrected chi connectivity index (χ3v) is 1.71. The lowest BCUT2D eigenvalue weighted by Gasteiger charge is -1.95. The van der Waals surface area contributed by atoms with Gasteiger partial charge in [0.25, 0.3) is 0 Å². The van der Waals surface area contributed by atoms with E-state index in [1.165, 1.54) is 6.08 Å². The summed E-state index contributed by atoms with van der Waals surface area (Å²) in [5.41, 5.74) is 3.26. The fraction of sp³-hybridized carbons (Fsp3) is 0.250. The summed E-state index contributed by atoms with van der Waals surface area (Å²) in [6.45, 7) is 9.75. The third kappa shape index (κ3) is 5.85. The Bertz CT molecular complexity index is 277. The molecule has 0 unspecified atom stereocenters. The van der Waals surface area contributed by atoms with E-state index < -0.39 is 0 Å². The van der Waals surface area contributed by atoms with Crippen LogP contribution in [0.3, 0.4) is 0 Å². The summed E-state index contributed by atoms with van der Waals surface area (Å²) in [6, 6.07) is 0. The highest BCUT2D eigenvalue weighted by atomic mass is 16.1. The largest absolute Gasteiger partial charge is 0.299 e. The van der Waals surface area contributed by atoms with Gasteiger partial charge >= 0.3 is 0 Å². The van der Waals surface area contributed by atoms with Gasteiger partial charge in [0.15, 0.2) is 0 Å². The summed E-state index contributed by atoms with van der Waals surface area (Å²) < 4.78 is 0. The Morgan fingerprint density at radius 2 is 1.77 bits per heavy atom. The molecule has 0 aromatic carbocycles. The second-order valence-electron chi connectivity index (χ2n) is 3.04. The highest BCUT2D eigenvalue weighted by Gasteiger charge is 1.85.